The third-order valence-electron chi connectivity index (χ3n) is 6.32. The van der Waals surface area contributed by atoms with Gasteiger partial charge in [0.2, 0.25) is 10.0 Å². The normalized spacial score (nSPS) is 17.7. The minimum absolute atomic E-state index is 0. The van der Waals surface area contributed by atoms with Crippen molar-refractivity contribution >= 4 is 34.3 Å². The van der Waals surface area contributed by atoms with E-state index < -0.39 is 10.0 Å². The number of halogens is 1. The molecule has 35 heavy (non-hydrogen) atoms. The molecule has 2 fully saturated rings. The average molecular weight is 524 g/mol. The Morgan fingerprint density at radius 1 is 1.00 bits per heavy atom. The smallest absolute Gasteiger partial charge is 0.243 e. The number of rotatable bonds is 6. The van der Waals surface area contributed by atoms with Crippen LogP contribution < -0.4 is 10.3 Å². The molecule has 1 N–H and O–H groups in total. The number of sulfonamides is 1. The van der Waals surface area contributed by atoms with E-state index in [0.717, 1.165) is 54.3 Å². The van der Waals surface area contributed by atoms with Gasteiger partial charge < -0.3 is 19.6 Å². The lowest BCUT2D eigenvalue weighted by Gasteiger charge is -2.28. The van der Waals surface area contributed by atoms with Crippen molar-refractivity contribution in [1.82, 2.24) is 14.3 Å². The first kappa shape index (κ1) is 27.5. The van der Waals surface area contributed by atoms with Crippen molar-refractivity contribution in [3.8, 4) is 5.69 Å². The Balaban J connectivity index is 0.00000342. The fourth-order valence-corrected chi connectivity index (χ4v) is 6.02. The highest BCUT2D eigenvalue weighted by atomic mass is 35.5. The van der Waals surface area contributed by atoms with Gasteiger partial charge in [0.05, 0.1) is 35.7 Å². The van der Waals surface area contributed by atoms with Crippen molar-refractivity contribution in [3.63, 3.8) is 0 Å². The lowest BCUT2D eigenvalue weighted by molar-refractivity contribution is 0.0730. The quantitative estimate of drug-likeness (QED) is 0.459. The fourth-order valence-electron chi connectivity index (χ4n) is 4.59. The summed E-state index contributed by atoms with van der Waals surface area (Å²) in [5.74, 6) is 0. The Labute approximate surface area is 215 Å². The molecule has 3 heterocycles. The zero-order valence-electron chi connectivity index (χ0n) is 21.4. The fraction of sp³-hybridized carbons (Fsp3) is 0.560. The molecule has 2 aromatic rings. The minimum Gasteiger partial charge on any atom is -0.379 e. The Kier molecular flexibility index (Phi) is 8.57. The van der Waals surface area contributed by atoms with Gasteiger partial charge in [0.1, 0.15) is 0 Å². The maximum absolute atomic E-state index is 13.4. The highest BCUT2D eigenvalue weighted by Crippen LogP contribution is 2.34. The SMILES string of the molecule is Cc1cc(/C=N/NC(C)(C)C)c(C)n1-c1cc(S(=O)(=O)N2CCOCC2)ccc1N1CCCC1.Cl. The number of aryl methyl sites for hydroxylation is 1. The second-order valence-electron chi connectivity index (χ2n) is 10.1. The minimum atomic E-state index is -3.60. The highest BCUT2D eigenvalue weighted by molar-refractivity contribution is 7.89. The Morgan fingerprint density at radius 2 is 1.66 bits per heavy atom. The van der Waals surface area contributed by atoms with Crippen LogP contribution in [-0.2, 0) is 14.8 Å². The van der Waals surface area contributed by atoms with Crippen molar-refractivity contribution in [2.24, 2.45) is 5.10 Å². The van der Waals surface area contributed by atoms with Gasteiger partial charge >= 0.3 is 0 Å². The molecule has 0 spiro atoms. The van der Waals surface area contributed by atoms with Crippen LogP contribution in [0.15, 0.2) is 34.3 Å². The molecular formula is C25H38ClN5O3S. The monoisotopic (exact) mass is 523 g/mol. The second kappa shape index (κ2) is 10.9. The van der Waals surface area contributed by atoms with E-state index in [-0.39, 0.29) is 17.9 Å². The number of morpholine rings is 1. The van der Waals surface area contributed by atoms with Gasteiger partial charge in [0, 0.05) is 48.7 Å². The molecule has 0 atom stereocenters. The van der Waals surface area contributed by atoms with Crippen molar-refractivity contribution in [1.29, 1.82) is 0 Å². The number of aromatic nitrogens is 1. The molecule has 1 aromatic carbocycles. The predicted molar refractivity (Wildman–Crippen MR) is 144 cm³/mol. The largest absolute Gasteiger partial charge is 0.379 e. The van der Waals surface area contributed by atoms with E-state index in [1.807, 2.05) is 18.3 Å². The first-order chi connectivity index (χ1) is 16.1. The van der Waals surface area contributed by atoms with Gasteiger partial charge in [-0.1, -0.05) is 0 Å². The number of nitrogens with one attached hydrogen (secondary N) is 1. The van der Waals surface area contributed by atoms with Gasteiger partial charge in [-0.25, -0.2) is 8.42 Å². The molecular weight excluding hydrogens is 486 g/mol. The third-order valence-corrected chi connectivity index (χ3v) is 8.21. The second-order valence-corrected chi connectivity index (χ2v) is 12.1. The summed E-state index contributed by atoms with van der Waals surface area (Å²) < 4.78 is 35.9. The number of hydrazone groups is 1. The molecule has 2 aliphatic heterocycles. The molecule has 10 heteroatoms. The highest BCUT2D eigenvalue weighted by Gasteiger charge is 2.28. The summed E-state index contributed by atoms with van der Waals surface area (Å²) in [6.45, 7) is 13.9. The number of anilines is 1. The molecule has 2 saturated heterocycles. The number of ether oxygens (including phenoxy) is 1. The zero-order chi connectivity index (χ0) is 24.5. The van der Waals surface area contributed by atoms with E-state index in [4.69, 9.17) is 4.74 Å². The summed E-state index contributed by atoms with van der Waals surface area (Å²) in [6.07, 6.45) is 4.13. The first-order valence-corrected chi connectivity index (χ1v) is 13.5. The molecule has 0 radical (unpaired) electrons. The summed E-state index contributed by atoms with van der Waals surface area (Å²) in [5.41, 5.74) is 8.06. The van der Waals surface area contributed by atoms with Crippen LogP contribution in [0.1, 0.15) is 50.6 Å². The van der Waals surface area contributed by atoms with Crippen LogP contribution in [-0.4, -0.2) is 68.4 Å². The third kappa shape index (κ3) is 6.02. The van der Waals surface area contributed by atoms with E-state index in [1.165, 1.54) is 4.31 Å². The molecule has 8 nitrogen and oxygen atoms in total. The summed E-state index contributed by atoms with van der Waals surface area (Å²) in [5, 5.41) is 4.43. The van der Waals surface area contributed by atoms with Gasteiger partial charge in [0.25, 0.3) is 0 Å². The van der Waals surface area contributed by atoms with Crippen molar-refractivity contribution in [3.05, 3.63) is 41.2 Å². The number of benzene rings is 1. The van der Waals surface area contributed by atoms with Gasteiger partial charge in [-0.3, -0.25) is 0 Å². The molecule has 2 aliphatic rings. The zero-order valence-corrected chi connectivity index (χ0v) is 23.0. The topological polar surface area (TPSA) is 79.2 Å². The van der Waals surface area contributed by atoms with E-state index in [0.29, 0.717) is 31.2 Å². The summed E-state index contributed by atoms with van der Waals surface area (Å²) >= 11 is 0. The van der Waals surface area contributed by atoms with Crippen LogP contribution in [0.25, 0.3) is 5.69 Å². The lowest BCUT2D eigenvalue weighted by atomic mass is 10.1. The van der Waals surface area contributed by atoms with Gasteiger partial charge in [-0.2, -0.15) is 9.41 Å². The molecule has 1 aromatic heterocycles. The van der Waals surface area contributed by atoms with E-state index in [2.05, 4.69) is 60.7 Å². The lowest BCUT2D eigenvalue weighted by Crippen LogP contribution is -2.40. The average Bonchev–Trinajstić information content (AvgIpc) is 3.41. The molecule has 0 unspecified atom stereocenters. The van der Waals surface area contributed by atoms with Crippen LogP contribution in [0.5, 0.6) is 0 Å². The van der Waals surface area contributed by atoms with Crippen LogP contribution in [0.2, 0.25) is 0 Å². The maximum Gasteiger partial charge on any atom is 0.243 e. The summed E-state index contributed by atoms with van der Waals surface area (Å²) in [7, 11) is -3.60. The molecule has 194 valence electrons. The van der Waals surface area contributed by atoms with Gasteiger partial charge in [-0.15, -0.1) is 12.4 Å². The van der Waals surface area contributed by atoms with Gasteiger partial charge in [0.15, 0.2) is 0 Å². The van der Waals surface area contributed by atoms with E-state index >= 15 is 0 Å². The summed E-state index contributed by atoms with van der Waals surface area (Å²) in [6, 6.07) is 7.67. The number of hydrogen-bond acceptors (Lipinski definition) is 6. The Morgan fingerprint density at radius 3 is 2.29 bits per heavy atom. The molecule has 4 rings (SSSR count). The van der Waals surface area contributed by atoms with Crippen molar-refractivity contribution < 1.29 is 13.2 Å². The molecule has 0 amide bonds. The van der Waals surface area contributed by atoms with Crippen LogP contribution in [0.3, 0.4) is 0 Å². The van der Waals surface area contributed by atoms with E-state index in [1.54, 1.807) is 6.07 Å². The number of hydrogen-bond donors (Lipinski definition) is 1. The molecule has 0 aliphatic carbocycles. The van der Waals surface area contributed by atoms with Crippen LogP contribution in [0, 0.1) is 13.8 Å². The summed E-state index contributed by atoms with van der Waals surface area (Å²) in [4.78, 5) is 2.68. The molecule has 0 bridgehead atoms. The first-order valence-electron chi connectivity index (χ1n) is 12.0. The van der Waals surface area contributed by atoms with Crippen molar-refractivity contribution in [2.45, 2.75) is 57.9 Å². The van der Waals surface area contributed by atoms with E-state index in [9.17, 15) is 8.42 Å². The Hall–Kier alpha value is -2.07. The van der Waals surface area contributed by atoms with Crippen LogP contribution >= 0.6 is 12.4 Å². The molecule has 0 saturated carbocycles. The standard InChI is InChI=1S/C25H37N5O3S.ClH/c1-19-16-21(18-26-27-25(3,4)5)20(2)30(19)24-17-22(8-9-23(24)28-10-6-7-11-28)34(31,32)29-12-14-33-15-13-29;/h8-9,16-18,27H,6-7,10-15H2,1-5H3;1H/b26-18+;. The van der Waals surface area contributed by atoms with Crippen molar-refractivity contribution in [2.75, 3.05) is 44.3 Å². The maximum atomic E-state index is 13.4. The predicted octanol–water partition coefficient (Wildman–Crippen LogP) is 3.86. The van der Waals surface area contributed by atoms with Gasteiger partial charge in [-0.05, 0) is 71.7 Å². The van der Waals surface area contributed by atoms with Crippen LogP contribution in [0.4, 0.5) is 5.69 Å². The number of nitrogens with zero attached hydrogens (tertiary/aromatic N) is 4. The Bertz CT molecular complexity index is 1160.